The van der Waals surface area contributed by atoms with Crippen molar-refractivity contribution in [1.82, 2.24) is 9.97 Å². The lowest BCUT2D eigenvalue weighted by atomic mass is 10.2. The predicted molar refractivity (Wildman–Crippen MR) is 95.9 cm³/mol. The van der Waals surface area contributed by atoms with E-state index in [0.29, 0.717) is 22.2 Å². The summed E-state index contributed by atoms with van der Waals surface area (Å²) >= 11 is 5.82. The first-order valence-corrected chi connectivity index (χ1v) is 7.70. The molecule has 0 saturated carbocycles. The van der Waals surface area contributed by atoms with Gasteiger partial charge in [0, 0.05) is 28.8 Å². The fourth-order valence-corrected chi connectivity index (χ4v) is 2.22. The first kappa shape index (κ1) is 16.0. The molecule has 0 aliphatic rings. The lowest BCUT2D eigenvalue weighted by molar-refractivity contribution is 0.102. The maximum Gasteiger partial charge on any atom is 0.258 e. The molecule has 0 atom stereocenters. The average Bonchev–Trinajstić information content (AvgIpc) is 2.57. The van der Waals surface area contributed by atoms with Crippen LogP contribution < -0.4 is 10.6 Å². The van der Waals surface area contributed by atoms with Gasteiger partial charge < -0.3 is 10.6 Å². The molecule has 0 unspecified atom stereocenters. The molecule has 2 aromatic carbocycles. The summed E-state index contributed by atoms with van der Waals surface area (Å²) in [5.41, 5.74) is 3.07. The summed E-state index contributed by atoms with van der Waals surface area (Å²) in [4.78, 5) is 20.5. The van der Waals surface area contributed by atoms with E-state index < -0.39 is 0 Å². The van der Waals surface area contributed by atoms with Crippen LogP contribution in [0.15, 0.2) is 60.9 Å². The number of rotatable bonds is 4. The Morgan fingerprint density at radius 3 is 2.38 bits per heavy atom. The lowest BCUT2D eigenvalue weighted by Gasteiger charge is -2.07. The summed E-state index contributed by atoms with van der Waals surface area (Å²) in [6, 6.07) is 14.8. The van der Waals surface area contributed by atoms with Crippen LogP contribution >= 0.6 is 11.6 Å². The smallest absolute Gasteiger partial charge is 0.258 e. The van der Waals surface area contributed by atoms with Crippen LogP contribution in [0.2, 0.25) is 5.02 Å². The summed E-state index contributed by atoms with van der Waals surface area (Å²) in [6.07, 6.45) is 2.97. The minimum Gasteiger partial charge on any atom is -0.324 e. The van der Waals surface area contributed by atoms with Gasteiger partial charge in [-0.2, -0.15) is 0 Å². The van der Waals surface area contributed by atoms with Crippen LogP contribution in [0.1, 0.15) is 15.9 Å². The number of hydrogen-bond donors (Lipinski definition) is 2. The molecule has 3 rings (SSSR count). The Morgan fingerprint density at radius 2 is 1.71 bits per heavy atom. The first-order chi connectivity index (χ1) is 11.6. The minimum atomic E-state index is -0.278. The third-order valence-corrected chi connectivity index (χ3v) is 3.54. The molecule has 0 aliphatic heterocycles. The van der Waals surface area contributed by atoms with Crippen LogP contribution in [0.25, 0.3) is 0 Å². The number of aromatic nitrogens is 2. The van der Waals surface area contributed by atoms with Gasteiger partial charge in [-0.1, -0.05) is 23.7 Å². The highest BCUT2D eigenvalue weighted by atomic mass is 35.5. The molecule has 0 aliphatic carbocycles. The second-order valence-electron chi connectivity index (χ2n) is 5.25. The van der Waals surface area contributed by atoms with Gasteiger partial charge in [0.05, 0.1) is 5.56 Å². The topological polar surface area (TPSA) is 66.9 Å². The van der Waals surface area contributed by atoms with E-state index in [1.54, 1.807) is 24.3 Å². The first-order valence-electron chi connectivity index (χ1n) is 7.33. The van der Waals surface area contributed by atoms with Crippen molar-refractivity contribution >= 4 is 34.8 Å². The van der Waals surface area contributed by atoms with E-state index in [1.807, 2.05) is 31.2 Å². The molecule has 1 amide bonds. The van der Waals surface area contributed by atoms with Crippen molar-refractivity contribution in [3.63, 3.8) is 0 Å². The van der Waals surface area contributed by atoms with Crippen LogP contribution in [0.5, 0.6) is 0 Å². The van der Waals surface area contributed by atoms with Crippen LogP contribution in [-0.2, 0) is 0 Å². The Hall–Kier alpha value is -2.92. The largest absolute Gasteiger partial charge is 0.324 e. The van der Waals surface area contributed by atoms with E-state index in [2.05, 4.69) is 20.6 Å². The monoisotopic (exact) mass is 338 g/mol. The maximum absolute atomic E-state index is 12.2. The molecule has 3 aromatic rings. The van der Waals surface area contributed by atoms with E-state index in [9.17, 15) is 4.79 Å². The van der Waals surface area contributed by atoms with Crippen molar-refractivity contribution in [3.05, 3.63) is 77.1 Å². The second kappa shape index (κ2) is 7.10. The minimum absolute atomic E-state index is 0.278. The molecule has 1 heterocycles. The number of nitrogens with zero attached hydrogens (tertiary/aromatic N) is 2. The van der Waals surface area contributed by atoms with Gasteiger partial charge in [-0.15, -0.1) is 0 Å². The summed E-state index contributed by atoms with van der Waals surface area (Å²) in [7, 11) is 0. The van der Waals surface area contributed by atoms with Gasteiger partial charge in [0.1, 0.15) is 0 Å². The molecule has 1 aromatic heterocycles. The number of benzene rings is 2. The summed E-state index contributed by atoms with van der Waals surface area (Å²) in [5.74, 6) is 0.156. The number of halogens is 1. The zero-order valence-electron chi connectivity index (χ0n) is 13.0. The quantitative estimate of drug-likeness (QED) is 0.738. The fraction of sp³-hybridized carbons (Fsp3) is 0.0556. The molecule has 0 saturated heterocycles. The number of nitrogens with one attached hydrogen (secondary N) is 2. The Kier molecular flexibility index (Phi) is 4.72. The van der Waals surface area contributed by atoms with Crippen LogP contribution in [0.3, 0.4) is 0 Å². The zero-order chi connectivity index (χ0) is 16.9. The average molecular weight is 339 g/mol. The highest BCUT2D eigenvalue weighted by Gasteiger charge is 2.08. The van der Waals surface area contributed by atoms with E-state index in [0.717, 1.165) is 11.3 Å². The van der Waals surface area contributed by atoms with Gasteiger partial charge in [0.25, 0.3) is 5.91 Å². The van der Waals surface area contributed by atoms with E-state index >= 15 is 0 Å². The van der Waals surface area contributed by atoms with Gasteiger partial charge in [-0.3, -0.25) is 4.79 Å². The standard InChI is InChI=1S/C18H15ClN4O/c1-12-3-2-4-16(9-12)23-18-20-10-13(11-21-18)17(24)22-15-7-5-14(19)6-8-15/h2-11H,1H3,(H,22,24)(H,20,21,23). The van der Waals surface area contributed by atoms with Crippen LogP contribution in [-0.4, -0.2) is 15.9 Å². The summed E-state index contributed by atoms with van der Waals surface area (Å²) < 4.78 is 0. The highest BCUT2D eigenvalue weighted by Crippen LogP contribution is 2.16. The van der Waals surface area contributed by atoms with Crippen molar-refractivity contribution in [2.45, 2.75) is 6.92 Å². The molecule has 24 heavy (non-hydrogen) atoms. The van der Waals surface area contributed by atoms with Crippen LogP contribution in [0.4, 0.5) is 17.3 Å². The number of aryl methyl sites for hydroxylation is 1. The zero-order valence-corrected chi connectivity index (χ0v) is 13.7. The lowest BCUT2D eigenvalue weighted by Crippen LogP contribution is -2.13. The third-order valence-electron chi connectivity index (χ3n) is 3.29. The molecule has 5 nitrogen and oxygen atoms in total. The van der Waals surface area contributed by atoms with Gasteiger partial charge in [0.15, 0.2) is 0 Å². The third kappa shape index (κ3) is 4.08. The molecule has 0 bridgehead atoms. The maximum atomic E-state index is 12.2. The molecular formula is C18H15ClN4O. The number of amides is 1. The molecule has 2 N–H and O–H groups in total. The molecule has 120 valence electrons. The van der Waals surface area contributed by atoms with Crippen molar-refractivity contribution in [2.75, 3.05) is 10.6 Å². The van der Waals surface area contributed by atoms with E-state index in [4.69, 9.17) is 11.6 Å². The fourth-order valence-electron chi connectivity index (χ4n) is 2.10. The van der Waals surface area contributed by atoms with Crippen LogP contribution in [0, 0.1) is 6.92 Å². The van der Waals surface area contributed by atoms with Gasteiger partial charge in [-0.25, -0.2) is 9.97 Å². The predicted octanol–water partition coefficient (Wildman–Crippen LogP) is 4.43. The molecule has 6 heteroatoms. The molecule has 0 radical (unpaired) electrons. The number of anilines is 3. The molecule has 0 spiro atoms. The van der Waals surface area contributed by atoms with Gasteiger partial charge in [0.2, 0.25) is 5.95 Å². The number of hydrogen-bond acceptors (Lipinski definition) is 4. The number of carbonyl (C=O) groups is 1. The summed E-state index contributed by atoms with van der Waals surface area (Å²) in [5, 5.41) is 6.48. The number of carbonyl (C=O) groups excluding carboxylic acids is 1. The normalized spacial score (nSPS) is 10.2. The van der Waals surface area contributed by atoms with Crippen molar-refractivity contribution in [1.29, 1.82) is 0 Å². The summed E-state index contributed by atoms with van der Waals surface area (Å²) in [6.45, 7) is 2.01. The Labute approximate surface area is 144 Å². The van der Waals surface area contributed by atoms with E-state index in [1.165, 1.54) is 12.4 Å². The van der Waals surface area contributed by atoms with Gasteiger partial charge >= 0.3 is 0 Å². The molecule has 0 fully saturated rings. The van der Waals surface area contributed by atoms with Gasteiger partial charge in [-0.05, 0) is 48.9 Å². The highest BCUT2D eigenvalue weighted by molar-refractivity contribution is 6.30. The van der Waals surface area contributed by atoms with E-state index in [-0.39, 0.29) is 5.91 Å². The SMILES string of the molecule is Cc1cccc(Nc2ncc(C(=O)Nc3ccc(Cl)cc3)cn2)c1. The Balaban J connectivity index is 1.67. The Morgan fingerprint density at radius 1 is 1.00 bits per heavy atom. The molecular weight excluding hydrogens is 324 g/mol. The van der Waals surface area contributed by atoms with Crippen molar-refractivity contribution < 1.29 is 4.79 Å². The van der Waals surface area contributed by atoms with Crippen molar-refractivity contribution in [3.8, 4) is 0 Å². The Bertz CT molecular complexity index is 848. The second-order valence-corrected chi connectivity index (χ2v) is 5.69. The van der Waals surface area contributed by atoms with Crippen molar-refractivity contribution in [2.24, 2.45) is 0 Å².